The van der Waals surface area contributed by atoms with Crippen LogP contribution in [0.3, 0.4) is 0 Å². The average Bonchev–Trinajstić information content (AvgIpc) is 3.05. The molecule has 1 aromatic carbocycles. The van der Waals surface area contributed by atoms with Crippen LogP contribution in [0, 0.1) is 5.41 Å². The average molecular weight is 329 g/mol. The van der Waals surface area contributed by atoms with Crippen molar-refractivity contribution >= 4 is 16.9 Å². The van der Waals surface area contributed by atoms with Gasteiger partial charge in [0.25, 0.3) is 0 Å². The van der Waals surface area contributed by atoms with E-state index in [1.54, 1.807) is 0 Å². The quantitative estimate of drug-likeness (QED) is 0.789. The van der Waals surface area contributed by atoms with Crippen molar-refractivity contribution in [3.63, 3.8) is 0 Å². The van der Waals surface area contributed by atoms with Gasteiger partial charge < -0.3 is 20.3 Å². The molecule has 0 unspecified atom stereocenters. The molecule has 0 saturated carbocycles. The highest BCUT2D eigenvalue weighted by molar-refractivity contribution is 5.83. The Morgan fingerprint density at radius 3 is 2.79 bits per heavy atom. The van der Waals surface area contributed by atoms with Crippen molar-refractivity contribution in [2.24, 2.45) is 5.41 Å². The van der Waals surface area contributed by atoms with E-state index in [1.807, 2.05) is 23.2 Å². The van der Waals surface area contributed by atoms with Crippen LogP contribution in [-0.2, 0) is 6.42 Å². The van der Waals surface area contributed by atoms with Crippen molar-refractivity contribution in [2.75, 3.05) is 26.2 Å². The summed E-state index contributed by atoms with van der Waals surface area (Å²) in [5.41, 5.74) is 2.38. The van der Waals surface area contributed by atoms with E-state index < -0.39 is 0 Å². The number of urea groups is 1. The van der Waals surface area contributed by atoms with E-state index in [4.69, 9.17) is 0 Å². The molecular formula is C19H27N3O2. The fraction of sp³-hybridized carbons (Fsp3) is 0.526. The van der Waals surface area contributed by atoms with Gasteiger partial charge in [-0.05, 0) is 42.7 Å². The van der Waals surface area contributed by atoms with Crippen molar-refractivity contribution in [1.82, 2.24) is 15.2 Å². The summed E-state index contributed by atoms with van der Waals surface area (Å²) in [7, 11) is 0. The number of likely N-dealkylation sites (tertiary alicyclic amines) is 1. The Bertz CT molecular complexity index is 681. The zero-order chi connectivity index (χ0) is 17.0. The molecule has 3 N–H and O–H groups in total. The van der Waals surface area contributed by atoms with Gasteiger partial charge in [-0.15, -0.1) is 0 Å². The SMILES string of the molecule is CCC1(CO)CCN(C(=O)NCCc2c[nH]c3ccccc23)CC1. The minimum absolute atomic E-state index is 0.0116. The summed E-state index contributed by atoms with van der Waals surface area (Å²) in [6, 6.07) is 8.23. The number of rotatable bonds is 5. The highest BCUT2D eigenvalue weighted by Crippen LogP contribution is 2.34. The maximum absolute atomic E-state index is 12.3. The summed E-state index contributed by atoms with van der Waals surface area (Å²) in [5.74, 6) is 0. The summed E-state index contributed by atoms with van der Waals surface area (Å²) in [5, 5.41) is 13.8. The molecule has 0 bridgehead atoms. The predicted octanol–water partition coefficient (Wildman–Crippen LogP) is 2.90. The number of aromatic amines is 1. The Labute approximate surface area is 143 Å². The molecule has 0 atom stereocenters. The number of aliphatic hydroxyl groups is 1. The molecule has 5 nitrogen and oxygen atoms in total. The lowest BCUT2D eigenvalue weighted by Gasteiger charge is -2.40. The molecule has 2 heterocycles. The molecule has 2 aromatic rings. The number of fused-ring (bicyclic) bond motifs is 1. The van der Waals surface area contributed by atoms with Crippen LogP contribution >= 0.6 is 0 Å². The Kier molecular flexibility index (Phi) is 5.09. The van der Waals surface area contributed by atoms with Crippen LogP contribution in [0.25, 0.3) is 10.9 Å². The van der Waals surface area contributed by atoms with Crippen LogP contribution in [0.1, 0.15) is 31.7 Å². The topological polar surface area (TPSA) is 68.4 Å². The second-order valence-corrected chi connectivity index (χ2v) is 6.84. The third kappa shape index (κ3) is 3.41. The number of aromatic nitrogens is 1. The number of benzene rings is 1. The first kappa shape index (κ1) is 16.8. The second kappa shape index (κ2) is 7.26. The van der Waals surface area contributed by atoms with Crippen molar-refractivity contribution in [2.45, 2.75) is 32.6 Å². The molecule has 130 valence electrons. The molecule has 0 spiro atoms. The van der Waals surface area contributed by atoms with Gasteiger partial charge in [0.15, 0.2) is 0 Å². The van der Waals surface area contributed by atoms with Gasteiger partial charge in [-0.2, -0.15) is 0 Å². The number of para-hydroxylation sites is 1. The first-order valence-corrected chi connectivity index (χ1v) is 8.86. The molecule has 1 aliphatic heterocycles. The van der Waals surface area contributed by atoms with E-state index in [0.29, 0.717) is 6.54 Å². The van der Waals surface area contributed by atoms with E-state index in [1.165, 1.54) is 10.9 Å². The van der Waals surface area contributed by atoms with E-state index >= 15 is 0 Å². The maximum Gasteiger partial charge on any atom is 0.317 e. The monoisotopic (exact) mass is 329 g/mol. The number of hydrogen-bond donors (Lipinski definition) is 3. The number of nitrogens with one attached hydrogen (secondary N) is 2. The summed E-state index contributed by atoms with van der Waals surface area (Å²) >= 11 is 0. The van der Waals surface area contributed by atoms with Crippen LogP contribution in [0.2, 0.25) is 0 Å². The van der Waals surface area contributed by atoms with Gasteiger partial charge in [-0.1, -0.05) is 25.1 Å². The first-order chi connectivity index (χ1) is 11.7. The van der Waals surface area contributed by atoms with Crippen molar-refractivity contribution in [1.29, 1.82) is 0 Å². The van der Waals surface area contributed by atoms with Gasteiger partial charge in [-0.25, -0.2) is 4.79 Å². The third-order valence-electron chi connectivity index (χ3n) is 5.54. The summed E-state index contributed by atoms with van der Waals surface area (Å²) in [6.07, 6.45) is 5.58. The molecular weight excluding hydrogens is 302 g/mol. The number of amides is 2. The predicted molar refractivity (Wildman–Crippen MR) is 96.0 cm³/mol. The first-order valence-electron chi connectivity index (χ1n) is 8.86. The van der Waals surface area contributed by atoms with E-state index in [0.717, 1.165) is 44.3 Å². The van der Waals surface area contributed by atoms with E-state index in [2.05, 4.69) is 29.4 Å². The van der Waals surface area contributed by atoms with E-state index in [-0.39, 0.29) is 18.1 Å². The van der Waals surface area contributed by atoms with Crippen LogP contribution in [0.15, 0.2) is 30.5 Å². The Hall–Kier alpha value is -2.01. The van der Waals surface area contributed by atoms with Crippen molar-refractivity contribution in [3.05, 3.63) is 36.0 Å². The highest BCUT2D eigenvalue weighted by atomic mass is 16.3. The van der Waals surface area contributed by atoms with Crippen LogP contribution in [-0.4, -0.2) is 47.3 Å². The number of H-pyrrole nitrogens is 1. The third-order valence-corrected chi connectivity index (χ3v) is 5.54. The molecule has 1 aromatic heterocycles. The standard InChI is InChI=1S/C19H27N3O2/c1-2-19(14-23)8-11-22(12-9-19)18(24)20-10-7-15-13-21-17-6-4-3-5-16(15)17/h3-6,13,21,23H,2,7-12,14H2,1H3,(H,20,24). The Morgan fingerprint density at radius 1 is 1.33 bits per heavy atom. The molecule has 0 aliphatic carbocycles. The molecule has 2 amide bonds. The zero-order valence-electron chi connectivity index (χ0n) is 14.3. The number of aliphatic hydroxyl groups excluding tert-OH is 1. The zero-order valence-corrected chi connectivity index (χ0v) is 14.3. The van der Waals surface area contributed by atoms with Gasteiger partial charge in [0, 0.05) is 43.3 Å². The Balaban J connectivity index is 1.48. The van der Waals surface area contributed by atoms with Crippen LogP contribution < -0.4 is 5.32 Å². The molecule has 1 fully saturated rings. The smallest absolute Gasteiger partial charge is 0.317 e. The molecule has 1 aliphatic rings. The number of carbonyl (C=O) groups is 1. The normalized spacial score (nSPS) is 17.2. The van der Waals surface area contributed by atoms with Gasteiger partial charge >= 0.3 is 6.03 Å². The summed E-state index contributed by atoms with van der Waals surface area (Å²) in [6.45, 7) is 4.43. The van der Waals surface area contributed by atoms with Crippen molar-refractivity contribution < 1.29 is 9.90 Å². The summed E-state index contributed by atoms with van der Waals surface area (Å²) < 4.78 is 0. The number of carbonyl (C=O) groups excluding carboxylic acids is 1. The lowest BCUT2D eigenvalue weighted by Crippen LogP contribution is -2.48. The fourth-order valence-corrected chi connectivity index (χ4v) is 3.56. The second-order valence-electron chi connectivity index (χ2n) is 6.84. The van der Waals surface area contributed by atoms with Crippen molar-refractivity contribution in [3.8, 4) is 0 Å². The molecule has 24 heavy (non-hydrogen) atoms. The number of hydrogen-bond acceptors (Lipinski definition) is 2. The lowest BCUT2D eigenvalue weighted by atomic mass is 9.77. The van der Waals surface area contributed by atoms with Gasteiger partial charge in [-0.3, -0.25) is 0 Å². The van der Waals surface area contributed by atoms with Crippen LogP contribution in [0.4, 0.5) is 4.79 Å². The summed E-state index contributed by atoms with van der Waals surface area (Å²) in [4.78, 5) is 17.5. The molecule has 0 radical (unpaired) electrons. The van der Waals surface area contributed by atoms with E-state index in [9.17, 15) is 9.90 Å². The molecule has 1 saturated heterocycles. The van der Waals surface area contributed by atoms with Crippen LogP contribution in [0.5, 0.6) is 0 Å². The maximum atomic E-state index is 12.3. The molecule has 3 rings (SSSR count). The highest BCUT2D eigenvalue weighted by Gasteiger charge is 2.33. The van der Waals surface area contributed by atoms with Gasteiger partial charge in [0.1, 0.15) is 0 Å². The van der Waals surface area contributed by atoms with Gasteiger partial charge in [0.2, 0.25) is 0 Å². The number of nitrogens with zero attached hydrogens (tertiary/aromatic N) is 1. The minimum atomic E-state index is 0.0116. The number of piperidine rings is 1. The Morgan fingerprint density at radius 2 is 2.08 bits per heavy atom. The molecule has 5 heteroatoms. The lowest BCUT2D eigenvalue weighted by molar-refractivity contribution is 0.0520. The largest absolute Gasteiger partial charge is 0.396 e. The minimum Gasteiger partial charge on any atom is -0.396 e. The van der Waals surface area contributed by atoms with Gasteiger partial charge in [0.05, 0.1) is 0 Å². The fourth-order valence-electron chi connectivity index (χ4n) is 3.56.